The zero-order valence-electron chi connectivity index (χ0n) is 16.0. The standard InChI is InChI=1S/C21H24F2N2O3S/c22-19-5-4-18(13-20(19)23)29-15-21(26)24-14-16-2-1-3-17(12-16)28-11-8-25-6-9-27-10-7-25/h1-5,12-13H,6-11,14-15H2,(H,24,26). The van der Waals surface area contributed by atoms with Gasteiger partial charge in [-0.1, -0.05) is 12.1 Å². The zero-order chi connectivity index (χ0) is 20.5. The molecule has 1 fully saturated rings. The number of nitrogens with one attached hydrogen (secondary N) is 1. The molecule has 29 heavy (non-hydrogen) atoms. The van der Waals surface area contributed by atoms with Crippen molar-refractivity contribution in [2.24, 2.45) is 0 Å². The van der Waals surface area contributed by atoms with Crippen LogP contribution in [0.5, 0.6) is 5.75 Å². The number of morpholine rings is 1. The number of ether oxygens (including phenoxy) is 2. The monoisotopic (exact) mass is 422 g/mol. The SMILES string of the molecule is O=C(CSc1ccc(F)c(F)c1)NCc1cccc(OCCN2CCOCC2)c1. The largest absolute Gasteiger partial charge is 0.492 e. The van der Waals surface area contributed by atoms with Gasteiger partial charge >= 0.3 is 0 Å². The second kappa shape index (κ2) is 11.1. The van der Waals surface area contributed by atoms with Crippen LogP contribution >= 0.6 is 11.8 Å². The maximum atomic E-state index is 13.2. The first-order valence-electron chi connectivity index (χ1n) is 9.46. The van der Waals surface area contributed by atoms with Crippen LogP contribution in [0.25, 0.3) is 0 Å². The number of carbonyl (C=O) groups is 1. The molecule has 0 atom stereocenters. The van der Waals surface area contributed by atoms with Gasteiger partial charge in [0.05, 0.1) is 19.0 Å². The lowest BCUT2D eigenvalue weighted by atomic mass is 10.2. The summed E-state index contributed by atoms with van der Waals surface area (Å²) in [6, 6.07) is 11.2. The minimum Gasteiger partial charge on any atom is -0.492 e. The van der Waals surface area contributed by atoms with Crippen molar-refractivity contribution >= 4 is 17.7 Å². The molecule has 2 aromatic rings. The quantitative estimate of drug-likeness (QED) is 0.630. The molecule has 0 spiro atoms. The Hall–Kier alpha value is -2.16. The Labute approximate surface area is 173 Å². The molecule has 8 heteroatoms. The van der Waals surface area contributed by atoms with Gasteiger partial charge < -0.3 is 14.8 Å². The van der Waals surface area contributed by atoms with Gasteiger partial charge in [0, 0.05) is 31.1 Å². The predicted molar refractivity (Wildman–Crippen MR) is 108 cm³/mol. The van der Waals surface area contributed by atoms with Crippen molar-refractivity contribution in [3.63, 3.8) is 0 Å². The van der Waals surface area contributed by atoms with Crippen LogP contribution in [-0.2, 0) is 16.1 Å². The van der Waals surface area contributed by atoms with E-state index in [1.165, 1.54) is 6.07 Å². The van der Waals surface area contributed by atoms with E-state index in [2.05, 4.69) is 10.2 Å². The van der Waals surface area contributed by atoms with Gasteiger partial charge in [-0.2, -0.15) is 0 Å². The Kier molecular flexibility index (Phi) is 8.27. The summed E-state index contributed by atoms with van der Waals surface area (Å²) in [5.74, 6) is -1.10. The van der Waals surface area contributed by atoms with Crippen molar-refractivity contribution in [3.8, 4) is 5.75 Å². The fourth-order valence-electron chi connectivity index (χ4n) is 2.83. The van der Waals surface area contributed by atoms with E-state index in [0.29, 0.717) is 18.0 Å². The number of thioether (sulfide) groups is 1. The molecule has 1 aliphatic rings. The molecule has 0 saturated carbocycles. The lowest BCUT2D eigenvalue weighted by Gasteiger charge is -2.26. The summed E-state index contributed by atoms with van der Waals surface area (Å²) in [5.41, 5.74) is 0.931. The number of nitrogens with zero attached hydrogens (tertiary/aromatic N) is 1. The van der Waals surface area contributed by atoms with Crippen molar-refractivity contribution in [2.45, 2.75) is 11.4 Å². The highest BCUT2D eigenvalue weighted by Crippen LogP contribution is 2.20. The summed E-state index contributed by atoms with van der Waals surface area (Å²) in [5, 5.41) is 2.82. The highest BCUT2D eigenvalue weighted by Gasteiger charge is 2.10. The van der Waals surface area contributed by atoms with Gasteiger partial charge in [-0.15, -0.1) is 11.8 Å². The number of hydrogen-bond donors (Lipinski definition) is 1. The summed E-state index contributed by atoms with van der Waals surface area (Å²) in [4.78, 5) is 14.8. The zero-order valence-corrected chi connectivity index (χ0v) is 16.9. The first-order valence-corrected chi connectivity index (χ1v) is 10.4. The Morgan fingerprint density at radius 2 is 1.97 bits per heavy atom. The Bertz CT molecular complexity index is 816. The molecule has 3 rings (SSSR count). The average Bonchev–Trinajstić information content (AvgIpc) is 2.74. The second-order valence-corrected chi connectivity index (χ2v) is 7.64. The first-order chi connectivity index (χ1) is 14.1. The minimum absolute atomic E-state index is 0.126. The summed E-state index contributed by atoms with van der Waals surface area (Å²) < 4.78 is 37.3. The molecular formula is C21H24F2N2O3S. The third kappa shape index (κ3) is 7.30. The number of rotatable bonds is 9. The smallest absolute Gasteiger partial charge is 0.230 e. The summed E-state index contributed by atoms with van der Waals surface area (Å²) in [6.45, 7) is 5.22. The third-order valence-electron chi connectivity index (χ3n) is 4.43. The predicted octanol–water partition coefficient (Wildman–Crippen LogP) is 3.08. The fourth-order valence-corrected chi connectivity index (χ4v) is 3.58. The highest BCUT2D eigenvalue weighted by molar-refractivity contribution is 8.00. The maximum absolute atomic E-state index is 13.2. The molecule has 0 aromatic heterocycles. The Morgan fingerprint density at radius 3 is 2.76 bits per heavy atom. The van der Waals surface area contributed by atoms with E-state index in [-0.39, 0.29) is 11.7 Å². The lowest BCUT2D eigenvalue weighted by molar-refractivity contribution is -0.118. The van der Waals surface area contributed by atoms with E-state index in [1.807, 2.05) is 24.3 Å². The molecule has 1 amide bonds. The molecule has 5 nitrogen and oxygen atoms in total. The third-order valence-corrected chi connectivity index (χ3v) is 5.42. The molecule has 2 aromatic carbocycles. The van der Waals surface area contributed by atoms with E-state index in [9.17, 15) is 13.6 Å². The van der Waals surface area contributed by atoms with Gasteiger partial charge in [0.15, 0.2) is 11.6 Å². The van der Waals surface area contributed by atoms with Crippen LogP contribution in [-0.4, -0.2) is 56.0 Å². The topological polar surface area (TPSA) is 50.8 Å². The van der Waals surface area contributed by atoms with E-state index in [0.717, 1.165) is 68.1 Å². The van der Waals surface area contributed by atoms with Crippen LogP contribution in [0.1, 0.15) is 5.56 Å². The van der Waals surface area contributed by atoms with Crippen LogP contribution in [0.3, 0.4) is 0 Å². The number of hydrogen-bond acceptors (Lipinski definition) is 5. The fraction of sp³-hybridized carbons (Fsp3) is 0.381. The van der Waals surface area contributed by atoms with Crippen molar-refractivity contribution < 1.29 is 23.0 Å². The van der Waals surface area contributed by atoms with E-state index in [4.69, 9.17) is 9.47 Å². The molecular weight excluding hydrogens is 398 g/mol. The summed E-state index contributed by atoms with van der Waals surface area (Å²) >= 11 is 1.16. The van der Waals surface area contributed by atoms with Gasteiger partial charge in [0.1, 0.15) is 12.4 Å². The average molecular weight is 422 g/mol. The molecule has 0 bridgehead atoms. The number of carbonyl (C=O) groups excluding carboxylic acids is 1. The Balaban J connectivity index is 1.38. The first kappa shape index (κ1) is 21.5. The van der Waals surface area contributed by atoms with Gasteiger partial charge in [0.2, 0.25) is 5.91 Å². The van der Waals surface area contributed by atoms with Crippen LogP contribution in [0.15, 0.2) is 47.4 Å². The van der Waals surface area contributed by atoms with Crippen molar-refractivity contribution in [2.75, 3.05) is 45.2 Å². The minimum atomic E-state index is -0.916. The molecule has 0 radical (unpaired) electrons. The molecule has 156 valence electrons. The van der Waals surface area contributed by atoms with Gasteiger partial charge in [-0.05, 0) is 35.9 Å². The van der Waals surface area contributed by atoms with E-state index < -0.39 is 11.6 Å². The molecule has 0 unspecified atom stereocenters. The van der Waals surface area contributed by atoms with E-state index >= 15 is 0 Å². The number of halogens is 2. The molecule has 1 N–H and O–H groups in total. The van der Waals surface area contributed by atoms with Crippen LogP contribution in [0.4, 0.5) is 8.78 Å². The number of benzene rings is 2. The highest BCUT2D eigenvalue weighted by atomic mass is 32.2. The van der Waals surface area contributed by atoms with Gasteiger partial charge in [0.25, 0.3) is 0 Å². The van der Waals surface area contributed by atoms with Crippen LogP contribution in [0, 0.1) is 11.6 Å². The molecule has 1 aliphatic heterocycles. The maximum Gasteiger partial charge on any atom is 0.230 e. The lowest BCUT2D eigenvalue weighted by Crippen LogP contribution is -2.38. The Morgan fingerprint density at radius 1 is 1.14 bits per heavy atom. The van der Waals surface area contributed by atoms with Crippen molar-refractivity contribution in [1.29, 1.82) is 0 Å². The van der Waals surface area contributed by atoms with Crippen LogP contribution in [0.2, 0.25) is 0 Å². The van der Waals surface area contributed by atoms with Crippen LogP contribution < -0.4 is 10.1 Å². The van der Waals surface area contributed by atoms with Gasteiger partial charge in [-0.3, -0.25) is 9.69 Å². The van der Waals surface area contributed by atoms with Crippen molar-refractivity contribution in [1.82, 2.24) is 10.2 Å². The van der Waals surface area contributed by atoms with Crippen molar-refractivity contribution in [3.05, 3.63) is 59.7 Å². The normalized spacial score (nSPS) is 14.6. The molecule has 1 heterocycles. The van der Waals surface area contributed by atoms with Gasteiger partial charge in [-0.25, -0.2) is 8.78 Å². The summed E-state index contributed by atoms with van der Waals surface area (Å²) in [6.07, 6.45) is 0. The molecule has 0 aliphatic carbocycles. The summed E-state index contributed by atoms with van der Waals surface area (Å²) in [7, 11) is 0. The number of amides is 1. The second-order valence-electron chi connectivity index (χ2n) is 6.59. The van der Waals surface area contributed by atoms with E-state index in [1.54, 1.807) is 0 Å². The molecule has 1 saturated heterocycles.